The minimum atomic E-state index is -0.145. The minimum Gasteiger partial charge on any atom is -0.374 e. The average molecular weight is 277 g/mol. The first-order chi connectivity index (χ1) is 9.70. The normalized spacial score (nSPS) is 28.2. The second kappa shape index (κ2) is 7.16. The van der Waals surface area contributed by atoms with Crippen molar-refractivity contribution in [2.24, 2.45) is 11.8 Å². The van der Waals surface area contributed by atoms with Crippen LogP contribution in [0.1, 0.15) is 45.2 Å². The van der Waals surface area contributed by atoms with Crippen molar-refractivity contribution < 1.29 is 4.74 Å². The summed E-state index contributed by atoms with van der Waals surface area (Å²) in [6, 6.07) is 6.13. The Morgan fingerprint density at radius 3 is 2.75 bits per heavy atom. The van der Waals surface area contributed by atoms with Crippen LogP contribution in [0.4, 0.5) is 0 Å². The Balaban J connectivity index is 2.13. The molecule has 1 atom stereocenters. The van der Waals surface area contributed by atoms with Gasteiger partial charge in [-0.2, -0.15) is 0 Å². The molecule has 1 aliphatic rings. The molecule has 0 spiro atoms. The summed E-state index contributed by atoms with van der Waals surface area (Å²) in [7, 11) is 0. The van der Waals surface area contributed by atoms with Crippen molar-refractivity contribution in [2.75, 3.05) is 6.61 Å². The van der Waals surface area contributed by atoms with E-state index in [1.807, 2.05) is 18.3 Å². The zero-order valence-corrected chi connectivity index (χ0v) is 12.6. The Hall–Kier alpha value is -0.970. The SMILES string of the molecule is CCOC1(C(Cc2ccccn2)NN)CCC(C)CC1. The minimum absolute atomic E-state index is 0.116. The molecular weight excluding hydrogens is 250 g/mol. The highest BCUT2D eigenvalue weighted by Gasteiger charge is 2.41. The molecule has 4 nitrogen and oxygen atoms in total. The maximum Gasteiger partial charge on any atom is 0.0852 e. The van der Waals surface area contributed by atoms with E-state index >= 15 is 0 Å². The van der Waals surface area contributed by atoms with E-state index in [-0.39, 0.29) is 11.6 Å². The lowest BCUT2D eigenvalue weighted by atomic mass is 9.74. The molecular formula is C16H27N3O. The number of nitrogens with two attached hydrogens (primary N) is 1. The van der Waals surface area contributed by atoms with E-state index in [9.17, 15) is 0 Å². The van der Waals surface area contributed by atoms with Gasteiger partial charge in [0.25, 0.3) is 0 Å². The van der Waals surface area contributed by atoms with E-state index in [2.05, 4.69) is 30.3 Å². The second-order valence-electron chi connectivity index (χ2n) is 5.92. The van der Waals surface area contributed by atoms with Gasteiger partial charge in [-0.05, 0) is 50.7 Å². The molecule has 0 aliphatic heterocycles. The summed E-state index contributed by atoms with van der Waals surface area (Å²) in [6.07, 6.45) is 7.21. The Morgan fingerprint density at radius 1 is 1.45 bits per heavy atom. The summed E-state index contributed by atoms with van der Waals surface area (Å²) in [6.45, 7) is 5.11. The summed E-state index contributed by atoms with van der Waals surface area (Å²) in [5.41, 5.74) is 3.91. The van der Waals surface area contributed by atoms with Gasteiger partial charge in [-0.15, -0.1) is 0 Å². The predicted octanol–water partition coefficient (Wildman–Crippen LogP) is 2.44. The van der Waals surface area contributed by atoms with E-state index in [0.717, 1.165) is 37.5 Å². The third kappa shape index (κ3) is 3.57. The van der Waals surface area contributed by atoms with Gasteiger partial charge in [0.05, 0.1) is 11.6 Å². The van der Waals surface area contributed by atoms with Crippen LogP contribution in [-0.4, -0.2) is 23.2 Å². The number of hydrazine groups is 1. The van der Waals surface area contributed by atoms with Crippen molar-refractivity contribution in [1.82, 2.24) is 10.4 Å². The molecule has 3 N–H and O–H groups in total. The highest BCUT2D eigenvalue weighted by molar-refractivity contribution is 5.09. The quantitative estimate of drug-likeness (QED) is 0.619. The molecule has 1 aromatic heterocycles. The largest absolute Gasteiger partial charge is 0.374 e. The van der Waals surface area contributed by atoms with Crippen LogP contribution in [0.5, 0.6) is 0 Å². The molecule has 0 radical (unpaired) electrons. The number of hydrogen-bond donors (Lipinski definition) is 2. The number of nitrogens with one attached hydrogen (secondary N) is 1. The molecule has 0 amide bonds. The molecule has 0 bridgehead atoms. The van der Waals surface area contributed by atoms with Crippen LogP contribution in [0, 0.1) is 5.92 Å². The molecule has 1 heterocycles. The molecule has 112 valence electrons. The lowest BCUT2D eigenvalue weighted by molar-refractivity contribution is -0.0963. The van der Waals surface area contributed by atoms with Gasteiger partial charge in [-0.1, -0.05) is 13.0 Å². The van der Waals surface area contributed by atoms with E-state index in [1.165, 1.54) is 12.8 Å². The predicted molar refractivity (Wildman–Crippen MR) is 81.0 cm³/mol. The number of nitrogens with zero attached hydrogens (tertiary/aromatic N) is 1. The van der Waals surface area contributed by atoms with E-state index in [4.69, 9.17) is 10.6 Å². The molecule has 1 aromatic rings. The van der Waals surface area contributed by atoms with Crippen molar-refractivity contribution in [1.29, 1.82) is 0 Å². The van der Waals surface area contributed by atoms with Crippen LogP contribution in [0.3, 0.4) is 0 Å². The van der Waals surface area contributed by atoms with Crippen LogP contribution in [-0.2, 0) is 11.2 Å². The first kappa shape index (κ1) is 15.4. The van der Waals surface area contributed by atoms with Crippen molar-refractivity contribution in [3.8, 4) is 0 Å². The van der Waals surface area contributed by atoms with E-state index in [1.54, 1.807) is 0 Å². The molecule has 1 saturated carbocycles. The lowest BCUT2D eigenvalue weighted by Crippen LogP contribution is -2.57. The van der Waals surface area contributed by atoms with Crippen LogP contribution < -0.4 is 11.3 Å². The van der Waals surface area contributed by atoms with Gasteiger partial charge >= 0.3 is 0 Å². The monoisotopic (exact) mass is 277 g/mol. The fourth-order valence-electron chi connectivity index (χ4n) is 3.26. The molecule has 2 rings (SSSR count). The highest BCUT2D eigenvalue weighted by atomic mass is 16.5. The fraction of sp³-hybridized carbons (Fsp3) is 0.688. The summed E-state index contributed by atoms with van der Waals surface area (Å²) in [5.74, 6) is 6.63. The molecule has 4 heteroatoms. The zero-order valence-electron chi connectivity index (χ0n) is 12.6. The lowest BCUT2D eigenvalue weighted by Gasteiger charge is -2.44. The number of hydrogen-bond acceptors (Lipinski definition) is 4. The zero-order chi connectivity index (χ0) is 14.4. The van der Waals surface area contributed by atoms with Gasteiger partial charge in [0.15, 0.2) is 0 Å². The van der Waals surface area contributed by atoms with Crippen molar-refractivity contribution in [3.63, 3.8) is 0 Å². The standard InChI is InChI=1S/C16H27N3O/c1-3-20-16(9-7-13(2)8-10-16)15(19-17)12-14-6-4-5-11-18-14/h4-6,11,13,15,19H,3,7-10,12,17H2,1-2H3. The Kier molecular flexibility index (Phi) is 5.52. The highest BCUT2D eigenvalue weighted by Crippen LogP contribution is 2.38. The maximum atomic E-state index is 6.17. The first-order valence-electron chi connectivity index (χ1n) is 7.70. The summed E-state index contributed by atoms with van der Waals surface area (Å²) >= 11 is 0. The molecule has 1 unspecified atom stereocenters. The number of rotatable bonds is 6. The van der Waals surface area contributed by atoms with Gasteiger partial charge in [0.1, 0.15) is 0 Å². The van der Waals surface area contributed by atoms with Crippen molar-refractivity contribution in [2.45, 2.75) is 57.6 Å². The third-order valence-electron chi connectivity index (χ3n) is 4.53. The maximum absolute atomic E-state index is 6.17. The van der Waals surface area contributed by atoms with E-state index in [0.29, 0.717) is 0 Å². The van der Waals surface area contributed by atoms with Crippen LogP contribution in [0.15, 0.2) is 24.4 Å². The molecule has 20 heavy (non-hydrogen) atoms. The van der Waals surface area contributed by atoms with Gasteiger partial charge in [0, 0.05) is 24.9 Å². The second-order valence-corrected chi connectivity index (χ2v) is 5.92. The molecule has 1 aliphatic carbocycles. The van der Waals surface area contributed by atoms with Crippen LogP contribution >= 0.6 is 0 Å². The van der Waals surface area contributed by atoms with Gasteiger partial charge in [-0.25, -0.2) is 0 Å². The van der Waals surface area contributed by atoms with Crippen LogP contribution in [0.25, 0.3) is 0 Å². The number of aromatic nitrogens is 1. The van der Waals surface area contributed by atoms with Crippen molar-refractivity contribution in [3.05, 3.63) is 30.1 Å². The summed E-state index contributed by atoms with van der Waals surface area (Å²) in [4.78, 5) is 4.42. The summed E-state index contributed by atoms with van der Waals surface area (Å²) in [5, 5.41) is 0. The van der Waals surface area contributed by atoms with Gasteiger partial charge in [0.2, 0.25) is 0 Å². The summed E-state index contributed by atoms with van der Waals surface area (Å²) < 4.78 is 6.17. The van der Waals surface area contributed by atoms with Crippen molar-refractivity contribution >= 4 is 0 Å². The number of pyridine rings is 1. The first-order valence-corrected chi connectivity index (χ1v) is 7.70. The van der Waals surface area contributed by atoms with E-state index < -0.39 is 0 Å². The molecule has 0 aromatic carbocycles. The van der Waals surface area contributed by atoms with Gasteiger partial charge < -0.3 is 4.74 Å². The molecule has 1 fully saturated rings. The third-order valence-corrected chi connectivity index (χ3v) is 4.53. The Labute approximate surface area is 122 Å². The molecule has 0 saturated heterocycles. The Morgan fingerprint density at radius 2 is 2.20 bits per heavy atom. The Bertz CT molecular complexity index is 388. The van der Waals surface area contributed by atoms with Crippen LogP contribution in [0.2, 0.25) is 0 Å². The number of ether oxygens (including phenoxy) is 1. The fourth-order valence-corrected chi connectivity index (χ4v) is 3.26. The smallest absolute Gasteiger partial charge is 0.0852 e. The topological polar surface area (TPSA) is 60.2 Å². The average Bonchev–Trinajstić information content (AvgIpc) is 2.49. The van der Waals surface area contributed by atoms with Gasteiger partial charge in [-0.3, -0.25) is 16.3 Å².